The van der Waals surface area contributed by atoms with Crippen molar-refractivity contribution in [2.75, 3.05) is 6.54 Å². The second-order valence-electron chi connectivity index (χ2n) is 9.51. The highest BCUT2D eigenvalue weighted by molar-refractivity contribution is 5.89. The third-order valence-corrected chi connectivity index (χ3v) is 6.46. The predicted molar refractivity (Wildman–Crippen MR) is 135 cm³/mol. The topological polar surface area (TPSA) is 138 Å². The summed E-state index contributed by atoms with van der Waals surface area (Å²) in [5.41, 5.74) is 7.02. The summed E-state index contributed by atoms with van der Waals surface area (Å²) >= 11 is 0. The van der Waals surface area contributed by atoms with Crippen LogP contribution < -0.4 is 16.5 Å². The van der Waals surface area contributed by atoms with Crippen LogP contribution >= 0.6 is 0 Å². The Morgan fingerprint density at radius 3 is 2.45 bits per heavy atom. The second-order valence-corrected chi connectivity index (χ2v) is 9.51. The molecular formula is C27H23F6N5O4. The molecule has 2 aliphatic rings. The van der Waals surface area contributed by atoms with Crippen LogP contribution in [0.4, 0.5) is 26.3 Å². The van der Waals surface area contributed by atoms with Gasteiger partial charge in [-0.25, -0.2) is 23.4 Å². The highest BCUT2D eigenvalue weighted by Gasteiger charge is 2.48. The van der Waals surface area contributed by atoms with Crippen molar-refractivity contribution in [3.05, 3.63) is 95.0 Å². The van der Waals surface area contributed by atoms with Crippen molar-refractivity contribution in [2.45, 2.75) is 30.9 Å². The Bertz CT molecular complexity index is 1470. The zero-order valence-corrected chi connectivity index (χ0v) is 21.4. The van der Waals surface area contributed by atoms with Gasteiger partial charge in [-0.15, -0.1) is 0 Å². The van der Waals surface area contributed by atoms with Crippen molar-refractivity contribution >= 4 is 23.4 Å². The second kappa shape index (κ2) is 12.1. The SMILES string of the molecule is NC(=O)C1C=C(c2cccnc2[C@H](Cc2cc(F)cc(F)c2)NC(=O)CN2C=C(C(=O)O)C(C(F)(F)F)N2)C=CC1F. The quantitative estimate of drug-likeness (QED) is 0.327. The number of carbonyl (C=O) groups excluding carboxylic acids is 2. The molecule has 9 nitrogen and oxygen atoms in total. The average Bonchev–Trinajstić information content (AvgIpc) is 3.33. The summed E-state index contributed by atoms with van der Waals surface area (Å²) in [5.74, 6) is -6.79. The standard InChI is InChI=1S/C27H23F6N5O4/c28-15-6-13(7-16(29)10-15)8-21(36-22(39)12-38-11-19(26(41)42)24(37-38)27(31,32)33)23-17(2-1-5-35-23)14-3-4-20(30)18(9-14)25(34)40/h1-7,9-11,18,20-21,24,37H,8,12H2,(H2,34,40)(H,36,39)(H,41,42)/t18?,20?,21-,24?/m0/s1. The summed E-state index contributed by atoms with van der Waals surface area (Å²) in [7, 11) is 0. The average molecular weight is 596 g/mol. The smallest absolute Gasteiger partial charge is 0.409 e. The molecule has 15 heteroatoms. The van der Waals surface area contributed by atoms with Crippen LogP contribution in [0.25, 0.3) is 5.57 Å². The molecule has 1 aromatic carbocycles. The molecule has 2 aromatic rings. The lowest BCUT2D eigenvalue weighted by Gasteiger charge is -2.25. The summed E-state index contributed by atoms with van der Waals surface area (Å²) in [6.07, 6.45) is -1.16. The van der Waals surface area contributed by atoms with Crippen molar-refractivity contribution in [2.24, 2.45) is 11.7 Å². The summed E-state index contributed by atoms with van der Waals surface area (Å²) < 4.78 is 82.2. The van der Waals surface area contributed by atoms with Gasteiger partial charge in [-0.2, -0.15) is 13.2 Å². The van der Waals surface area contributed by atoms with E-state index in [-0.39, 0.29) is 17.7 Å². The molecule has 2 heterocycles. The predicted octanol–water partition coefficient (Wildman–Crippen LogP) is 2.87. The number of halogens is 6. The molecule has 1 aromatic heterocycles. The number of allylic oxidation sites excluding steroid dienone is 3. The Labute approximate surface area is 234 Å². The Kier molecular flexibility index (Phi) is 8.70. The molecule has 0 radical (unpaired) electrons. The number of carboxylic acid groups (broad SMARTS) is 1. The number of aromatic nitrogens is 1. The summed E-state index contributed by atoms with van der Waals surface area (Å²) in [6.45, 7) is -0.782. The molecule has 0 bridgehead atoms. The minimum absolute atomic E-state index is 0.0888. The molecule has 2 amide bonds. The van der Waals surface area contributed by atoms with Gasteiger partial charge in [0.2, 0.25) is 11.8 Å². The zero-order chi connectivity index (χ0) is 30.8. The van der Waals surface area contributed by atoms with Gasteiger partial charge in [-0.3, -0.25) is 14.6 Å². The highest BCUT2D eigenvalue weighted by Crippen LogP contribution is 2.32. The lowest BCUT2D eigenvalue weighted by atomic mass is 9.88. The van der Waals surface area contributed by atoms with E-state index < -0.39 is 71.9 Å². The van der Waals surface area contributed by atoms with Gasteiger partial charge in [0.1, 0.15) is 24.4 Å². The number of aliphatic carboxylic acids is 1. The highest BCUT2D eigenvalue weighted by atomic mass is 19.4. The Morgan fingerprint density at radius 2 is 1.86 bits per heavy atom. The number of carboxylic acids is 1. The maximum atomic E-state index is 14.3. The number of rotatable bonds is 9. The van der Waals surface area contributed by atoms with Crippen LogP contribution in [-0.4, -0.2) is 57.8 Å². The number of hydrogen-bond donors (Lipinski definition) is 4. The van der Waals surface area contributed by atoms with Gasteiger partial charge in [0.15, 0.2) is 6.04 Å². The van der Waals surface area contributed by atoms with Gasteiger partial charge in [0.25, 0.3) is 0 Å². The van der Waals surface area contributed by atoms with Crippen LogP contribution in [0.5, 0.6) is 0 Å². The van der Waals surface area contributed by atoms with Crippen molar-refractivity contribution < 1.29 is 45.8 Å². The molecule has 0 fully saturated rings. The molecule has 1 aliphatic carbocycles. The monoisotopic (exact) mass is 595 g/mol. The number of nitrogens with one attached hydrogen (secondary N) is 2. The van der Waals surface area contributed by atoms with Crippen LogP contribution in [0.3, 0.4) is 0 Å². The van der Waals surface area contributed by atoms with E-state index in [1.807, 2.05) is 5.43 Å². The van der Waals surface area contributed by atoms with Crippen molar-refractivity contribution in [1.29, 1.82) is 0 Å². The molecule has 42 heavy (non-hydrogen) atoms. The summed E-state index contributed by atoms with van der Waals surface area (Å²) in [4.78, 5) is 40.4. The van der Waals surface area contributed by atoms with Crippen LogP contribution in [0.1, 0.15) is 22.9 Å². The number of alkyl halides is 4. The first-order chi connectivity index (χ1) is 19.7. The number of amides is 2. The minimum Gasteiger partial charge on any atom is -0.478 e. The molecule has 4 atom stereocenters. The van der Waals surface area contributed by atoms with Gasteiger partial charge in [0.05, 0.1) is 23.2 Å². The van der Waals surface area contributed by atoms with Crippen molar-refractivity contribution in [3.8, 4) is 0 Å². The number of hydrazine groups is 1. The molecule has 3 unspecified atom stereocenters. The fourth-order valence-corrected chi connectivity index (χ4v) is 4.62. The van der Waals surface area contributed by atoms with Gasteiger partial charge >= 0.3 is 12.1 Å². The number of nitrogens with zero attached hydrogens (tertiary/aromatic N) is 2. The number of hydrogen-bond acceptors (Lipinski definition) is 6. The largest absolute Gasteiger partial charge is 0.478 e. The Balaban J connectivity index is 1.67. The van der Waals surface area contributed by atoms with E-state index in [0.717, 1.165) is 18.2 Å². The number of carbonyl (C=O) groups is 3. The van der Waals surface area contributed by atoms with Crippen LogP contribution in [0.15, 0.2) is 66.5 Å². The lowest BCUT2D eigenvalue weighted by Crippen LogP contribution is -2.49. The molecule has 0 saturated heterocycles. The van der Waals surface area contributed by atoms with Gasteiger partial charge in [-0.1, -0.05) is 18.2 Å². The number of nitrogens with two attached hydrogens (primary N) is 1. The maximum absolute atomic E-state index is 14.3. The molecular weight excluding hydrogens is 572 g/mol. The van der Waals surface area contributed by atoms with E-state index in [0.29, 0.717) is 28.4 Å². The minimum atomic E-state index is -4.97. The van der Waals surface area contributed by atoms with E-state index in [9.17, 15) is 40.7 Å². The maximum Gasteiger partial charge on any atom is 0.409 e. The van der Waals surface area contributed by atoms with Crippen LogP contribution in [0.2, 0.25) is 0 Å². The number of primary amides is 1. The van der Waals surface area contributed by atoms with Crippen molar-refractivity contribution in [1.82, 2.24) is 20.7 Å². The number of benzene rings is 1. The molecule has 4 rings (SSSR count). The zero-order valence-electron chi connectivity index (χ0n) is 21.4. The fraction of sp³-hybridized carbons (Fsp3) is 0.259. The Morgan fingerprint density at radius 1 is 1.17 bits per heavy atom. The first-order valence-corrected chi connectivity index (χ1v) is 12.3. The Hall–Kier alpha value is -4.66. The van der Waals surface area contributed by atoms with E-state index >= 15 is 0 Å². The molecule has 222 valence electrons. The van der Waals surface area contributed by atoms with E-state index in [4.69, 9.17) is 10.8 Å². The molecule has 1 aliphatic heterocycles. The van der Waals surface area contributed by atoms with Gasteiger partial charge in [-0.05, 0) is 41.8 Å². The van der Waals surface area contributed by atoms with E-state index in [2.05, 4.69) is 10.3 Å². The molecule has 0 spiro atoms. The summed E-state index contributed by atoms with van der Waals surface area (Å²) in [6, 6.07) is 2.01. The summed E-state index contributed by atoms with van der Waals surface area (Å²) in [5, 5.41) is 12.4. The fourth-order valence-electron chi connectivity index (χ4n) is 4.62. The van der Waals surface area contributed by atoms with Crippen LogP contribution in [-0.2, 0) is 20.8 Å². The first-order valence-electron chi connectivity index (χ1n) is 12.3. The first kappa shape index (κ1) is 30.3. The van der Waals surface area contributed by atoms with E-state index in [1.54, 1.807) is 0 Å². The third kappa shape index (κ3) is 6.97. The van der Waals surface area contributed by atoms with Crippen LogP contribution in [0, 0.1) is 17.6 Å². The van der Waals surface area contributed by atoms with Crippen molar-refractivity contribution in [3.63, 3.8) is 0 Å². The molecule has 5 N–H and O–H groups in total. The normalized spacial score (nSPS) is 21.0. The lowest BCUT2D eigenvalue weighted by molar-refractivity contribution is -0.158. The number of pyridine rings is 1. The van der Waals surface area contributed by atoms with Gasteiger partial charge in [0, 0.05) is 24.0 Å². The van der Waals surface area contributed by atoms with Gasteiger partial charge < -0.3 is 21.2 Å². The molecule has 0 saturated carbocycles. The third-order valence-electron chi connectivity index (χ3n) is 6.46. The van der Waals surface area contributed by atoms with E-state index in [1.165, 1.54) is 30.5 Å².